The monoisotopic (exact) mass is 584 g/mol. The highest BCUT2D eigenvalue weighted by Gasteiger charge is 2.42. The molecule has 1 amide bonds. The number of fused-ring (bicyclic) bond motifs is 1. The number of rotatable bonds is 5. The van der Waals surface area contributed by atoms with E-state index < -0.39 is 16.1 Å². The van der Waals surface area contributed by atoms with Crippen LogP contribution in [0.1, 0.15) is 53.2 Å². The predicted molar refractivity (Wildman–Crippen MR) is 153 cm³/mol. The predicted octanol–water partition coefficient (Wildman–Crippen LogP) is 5.49. The number of piperidine rings is 1. The number of carbonyl (C=O) groups excluding carboxylic acids is 1. The Kier molecular flexibility index (Phi) is 7.08. The van der Waals surface area contributed by atoms with Crippen molar-refractivity contribution in [3.63, 3.8) is 0 Å². The van der Waals surface area contributed by atoms with Crippen LogP contribution in [-0.4, -0.2) is 50.4 Å². The second-order valence-electron chi connectivity index (χ2n) is 10.9. The van der Waals surface area contributed by atoms with Crippen molar-refractivity contribution >= 4 is 44.8 Å². The molecule has 1 atom stereocenters. The standard InChI is InChI=1S/C29H30Cl2N4O3S/c30-22-4-5-25(31)27(18-22)39(37,38)33-26-6-3-20-1-2-21(17-24(20)26)28(36)35-16-11-29(19-35)9-14-34(15-10-29)23-7-12-32-13-8-23/h1-2,4-5,7-8,12-13,17-18,26,33H,3,6,9-11,14-16,19H2. The van der Waals surface area contributed by atoms with Crippen LogP contribution in [0.15, 0.2) is 65.8 Å². The minimum Gasteiger partial charge on any atom is -0.371 e. The van der Waals surface area contributed by atoms with Gasteiger partial charge in [0.05, 0.1) is 5.02 Å². The molecule has 6 rings (SSSR count). The number of likely N-dealkylation sites (tertiary alicyclic amines) is 1. The van der Waals surface area contributed by atoms with Gasteiger partial charge in [-0.1, -0.05) is 29.3 Å². The zero-order valence-electron chi connectivity index (χ0n) is 21.4. The van der Waals surface area contributed by atoms with E-state index in [9.17, 15) is 13.2 Å². The molecule has 3 aromatic rings. The van der Waals surface area contributed by atoms with E-state index in [1.165, 1.54) is 17.8 Å². The number of carbonyl (C=O) groups is 1. The Balaban J connectivity index is 1.14. The first-order chi connectivity index (χ1) is 18.7. The minimum absolute atomic E-state index is 0.0117. The first-order valence-corrected chi connectivity index (χ1v) is 15.5. The van der Waals surface area contributed by atoms with E-state index >= 15 is 0 Å². The van der Waals surface area contributed by atoms with Gasteiger partial charge in [-0.2, -0.15) is 0 Å². The summed E-state index contributed by atoms with van der Waals surface area (Å²) in [6, 6.07) is 13.8. The fraction of sp³-hybridized carbons (Fsp3) is 0.379. The number of anilines is 1. The Morgan fingerprint density at radius 3 is 2.49 bits per heavy atom. The summed E-state index contributed by atoms with van der Waals surface area (Å²) in [6.45, 7) is 3.46. The first-order valence-electron chi connectivity index (χ1n) is 13.3. The third kappa shape index (κ3) is 5.27. The van der Waals surface area contributed by atoms with E-state index in [2.05, 4.69) is 14.6 Å². The van der Waals surface area contributed by atoms with Crippen LogP contribution < -0.4 is 9.62 Å². The SMILES string of the molecule is O=C(c1ccc2c(c1)C(NS(=O)(=O)c1cc(Cl)ccc1Cl)CC2)N1CCC2(CCN(c3ccncc3)CC2)C1. The minimum atomic E-state index is -3.90. The van der Waals surface area contributed by atoms with E-state index in [4.69, 9.17) is 23.2 Å². The van der Waals surface area contributed by atoms with Crippen molar-refractivity contribution in [1.82, 2.24) is 14.6 Å². The van der Waals surface area contributed by atoms with Crippen molar-refractivity contribution in [3.8, 4) is 0 Å². The highest BCUT2D eigenvalue weighted by atomic mass is 35.5. The molecule has 2 aliphatic heterocycles. The number of pyridine rings is 1. The fourth-order valence-corrected chi connectivity index (χ4v) is 8.30. The second-order valence-corrected chi connectivity index (χ2v) is 13.4. The molecule has 1 spiro atoms. The molecule has 10 heteroatoms. The molecule has 3 heterocycles. The third-order valence-corrected chi connectivity index (χ3v) is 10.7. The molecule has 2 aromatic carbocycles. The summed E-state index contributed by atoms with van der Waals surface area (Å²) in [5.74, 6) is 0.0117. The van der Waals surface area contributed by atoms with Crippen LogP contribution in [0.2, 0.25) is 10.0 Å². The number of aryl methyl sites for hydroxylation is 1. The number of nitrogens with zero attached hydrogens (tertiary/aromatic N) is 3. The van der Waals surface area contributed by atoms with Crippen LogP contribution >= 0.6 is 23.2 Å². The number of hydrogen-bond donors (Lipinski definition) is 1. The normalized spacial score (nSPS) is 20.4. The highest BCUT2D eigenvalue weighted by molar-refractivity contribution is 7.89. The topological polar surface area (TPSA) is 82.6 Å². The molecule has 204 valence electrons. The van der Waals surface area contributed by atoms with E-state index in [1.807, 2.05) is 47.6 Å². The largest absolute Gasteiger partial charge is 0.371 e. The average Bonchev–Trinajstić information content (AvgIpc) is 3.54. The number of sulfonamides is 1. The van der Waals surface area contributed by atoms with Crippen LogP contribution in [0.4, 0.5) is 5.69 Å². The van der Waals surface area contributed by atoms with E-state index in [-0.39, 0.29) is 21.2 Å². The molecule has 39 heavy (non-hydrogen) atoms. The Labute approximate surface area is 239 Å². The summed E-state index contributed by atoms with van der Waals surface area (Å²) < 4.78 is 29.1. The van der Waals surface area contributed by atoms with Crippen molar-refractivity contribution in [2.75, 3.05) is 31.1 Å². The number of halogens is 2. The molecular weight excluding hydrogens is 555 g/mol. The zero-order valence-corrected chi connectivity index (χ0v) is 23.8. The molecule has 1 aliphatic carbocycles. The number of aromatic nitrogens is 1. The van der Waals surface area contributed by atoms with Gasteiger partial charge in [0.15, 0.2) is 0 Å². The van der Waals surface area contributed by atoms with E-state index in [1.54, 1.807) is 6.07 Å². The number of nitrogens with one attached hydrogen (secondary N) is 1. The van der Waals surface area contributed by atoms with Crippen molar-refractivity contribution in [1.29, 1.82) is 0 Å². The quantitative estimate of drug-likeness (QED) is 0.429. The summed E-state index contributed by atoms with van der Waals surface area (Å²) in [6.07, 6.45) is 8.13. The summed E-state index contributed by atoms with van der Waals surface area (Å²) in [7, 11) is -3.90. The zero-order chi connectivity index (χ0) is 27.2. The van der Waals surface area contributed by atoms with Gasteiger partial charge < -0.3 is 9.80 Å². The van der Waals surface area contributed by atoms with E-state index in [0.29, 0.717) is 17.0 Å². The summed E-state index contributed by atoms with van der Waals surface area (Å²) >= 11 is 12.2. The maximum Gasteiger partial charge on any atom is 0.253 e. The number of benzene rings is 2. The van der Waals surface area contributed by atoms with Gasteiger partial charge in [-0.25, -0.2) is 13.1 Å². The molecular formula is C29H30Cl2N4O3S. The smallest absolute Gasteiger partial charge is 0.253 e. The van der Waals surface area contributed by atoms with Crippen LogP contribution in [0.25, 0.3) is 0 Å². The molecule has 0 radical (unpaired) electrons. The molecule has 0 saturated carbocycles. The molecule has 1 aromatic heterocycles. The molecule has 1 unspecified atom stereocenters. The summed E-state index contributed by atoms with van der Waals surface area (Å²) in [4.78, 5) is 22.0. The highest BCUT2D eigenvalue weighted by Crippen LogP contribution is 2.42. The van der Waals surface area contributed by atoms with Gasteiger partial charge in [-0.3, -0.25) is 9.78 Å². The first kappa shape index (κ1) is 26.6. The molecule has 2 fully saturated rings. The van der Waals surface area contributed by atoms with Crippen LogP contribution in [0.3, 0.4) is 0 Å². The lowest BCUT2D eigenvalue weighted by Gasteiger charge is -2.40. The summed E-state index contributed by atoms with van der Waals surface area (Å²) in [5.41, 5.74) is 3.86. The molecule has 1 N–H and O–H groups in total. The maximum atomic E-state index is 13.6. The van der Waals surface area contributed by atoms with Crippen LogP contribution in [0.5, 0.6) is 0 Å². The van der Waals surface area contributed by atoms with Crippen molar-refractivity contribution in [2.24, 2.45) is 5.41 Å². The Morgan fingerprint density at radius 1 is 0.974 bits per heavy atom. The molecule has 3 aliphatic rings. The van der Waals surface area contributed by atoms with Gasteiger partial charge in [0.2, 0.25) is 10.0 Å². The van der Waals surface area contributed by atoms with Gasteiger partial charge in [-0.15, -0.1) is 0 Å². The van der Waals surface area contributed by atoms with Gasteiger partial charge >= 0.3 is 0 Å². The fourth-order valence-electron chi connectivity index (χ4n) is 6.28. The van der Waals surface area contributed by atoms with Crippen molar-refractivity contribution in [2.45, 2.75) is 43.0 Å². The maximum absolute atomic E-state index is 13.6. The van der Waals surface area contributed by atoms with Gasteiger partial charge in [0.25, 0.3) is 5.91 Å². The Bertz CT molecular complexity index is 1510. The molecule has 7 nitrogen and oxygen atoms in total. The van der Waals surface area contributed by atoms with E-state index in [0.717, 1.165) is 63.0 Å². The Morgan fingerprint density at radius 2 is 1.72 bits per heavy atom. The Hall–Kier alpha value is -2.65. The van der Waals surface area contributed by atoms with Crippen molar-refractivity contribution < 1.29 is 13.2 Å². The van der Waals surface area contributed by atoms with Crippen LogP contribution in [-0.2, 0) is 16.4 Å². The van der Waals surface area contributed by atoms with Crippen molar-refractivity contribution in [3.05, 3.63) is 87.7 Å². The lowest BCUT2D eigenvalue weighted by molar-refractivity contribution is 0.0764. The van der Waals surface area contributed by atoms with Gasteiger partial charge in [-0.05, 0) is 91.1 Å². The molecule has 0 bridgehead atoms. The number of hydrogen-bond acceptors (Lipinski definition) is 5. The molecule has 2 saturated heterocycles. The lowest BCUT2D eigenvalue weighted by atomic mass is 9.77. The number of amides is 1. The van der Waals surface area contributed by atoms with Crippen LogP contribution in [0, 0.1) is 5.41 Å². The summed E-state index contributed by atoms with van der Waals surface area (Å²) in [5, 5.41) is 0.412. The average molecular weight is 586 g/mol. The van der Waals surface area contributed by atoms with Gasteiger partial charge in [0.1, 0.15) is 4.90 Å². The lowest BCUT2D eigenvalue weighted by Crippen LogP contribution is -2.42. The second kappa shape index (κ2) is 10.4. The van der Waals surface area contributed by atoms with Gasteiger partial charge in [0, 0.05) is 60.9 Å². The third-order valence-electron chi connectivity index (χ3n) is 8.53.